The van der Waals surface area contributed by atoms with Crippen LogP contribution < -0.4 is 0 Å². The molecule has 2 aromatic rings. The SMILES string of the molecule is CC12CCC3c4ccc(O)cc4CCC3C1C/C(=C\c1ccccc1)C2=O. The van der Waals surface area contributed by atoms with E-state index in [0.717, 1.165) is 43.2 Å². The van der Waals surface area contributed by atoms with Crippen LogP contribution in [0.1, 0.15) is 55.2 Å². The van der Waals surface area contributed by atoms with Gasteiger partial charge in [-0.15, -0.1) is 0 Å². The summed E-state index contributed by atoms with van der Waals surface area (Å²) >= 11 is 0. The molecule has 138 valence electrons. The van der Waals surface area contributed by atoms with E-state index in [1.165, 1.54) is 11.1 Å². The number of hydrogen-bond donors (Lipinski definition) is 1. The zero-order valence-electron chi connectivity index (χ0n) is 15.8. The smallest absolute Gasteiger partial charge is 0.165 e. The van der Waals surface area contributed by atoms with Gasteiger partial charge in [0, 0.05) is 5.41 Å². The van der Waals surface area contributed by atoms with Gasteiger partial charge in [-0.3, -0.25) is 4.79 Å². The maximum absolute atomic E-state index is 13.3. The van der Waals surface area contributed by atoms with Gasteiger partial charge in [0.1, 0.15) is 5.75 Å². The second kappa shape index (κ2) is 6.09. The molecule has 0 spiro atoms. The van der Waals surface area contributed by atoms with Crippen LogP contribution in [0.3, 0.4) is 0 Å². The minimum Gasteiger partial charge on any atom is -0.508 e. The zero-order chi connectivity index (χ0) is 18.6. The second-order valence-corrected chi connectivity index (χ2v) is 8.87. The van der Waals surface area contributed by atoms with E-state index in [4.69, 9.17) is 0 Å². The van der Waals surface area contributed by atoms with E-state index >= 15 is 0 Å². The zero-order valence-corrected chi connectivity index (χ0v) is 15.8. The van der Waals surface area contributed by atoms with Crippen molar-refractivity contribution in [3.63, 3.8) is 0 Å². The van der Waals surface area contributed by atoms with Crippen LogP contribution in [0.15, 0.2) is 54.1 Å². The lowest BCUT2D eigenvalue weighted by Crippen LogP contribution is -2.42. The van der Waals surface area contributed by atoms with Crippen LogP contribution in [0.4, 0.5) is 0 Å². The lowest BCUT2D eigenvalue weighted by Gasteiger charge is -2.48. The van der Waals surface area contributed by atoms with Crippen LogP contribution in [0.5, 0.6) is 5.75 Å². The molecule has 2 nitrogen and oxygen atoms in total. The van der Waals surface area contributed by atoms with E-state index in [0.29, 0.717) is 29.3 Å². The summed E-state index contributed by atoms with van der Waals surface area (Å²) in [5, 5.41) is 9.83. The number of carbonyl (C=O) groups is 1. The first-order chi connectivity index (χ1) is 13.1. The van der Waals surface area contributed by atoms with Crippen molar-refractivity contribution in [2.45, 2.75) is 44.9 Å². The highest BCUT2D eigenvalue weighted by molar-refractivity contribution is 6.06. The molecular weight excluding hydrogens is 332 g/mol. The molecule has 27 heavy (non-hydrogen) atoms. The Morgan fingerprint density at radius 3 is 2.74 bits per heavy atom. The van der Waals surface area contributed by atoms with Gasteiger partial charge in [0.15, 0.2) is 5.78 Å². The number of aryl methyl sites for hydroxylation is 1. The van der Waals surface area contributed by atoms with Crippen molar-refractivity contribution in [1.29, 1.82) is 0 Å². The van der Waals surface area contributed by atoms with E-state index < -0.39 is 0 Å². The fraction of sp³-hybridized carbons (Fsp3) is 0.400. The molecule has 2 saturated carbocycles. The van der Waals surface area contributed by atoms with Gasteiger partial charge in [-0.1, -0.05) is 43.3 Å². The molecule has 0 heterocycles. The van der Waals surface area contributed by atoms with Gasteiger partial charge < -0.3 is 5.11 Å². The maximum atomic E-state index is 13.3. The number of ketones is 1. The van der Waals surface area contributed by atoms with Crippen LogP contribution in [0.2, 0.25) is 0 Å². The average molecular weight is 358 g/mol. The van der Waals surface area contributed by atoms with Crippen LogP contribution in [-0.2, 0) is 11.2 Å². The van der Waals surface area contributed by atoms with Crippen molar-refractivity contribution in [2.24, 2.45) is 17.3 Å². The molecule has 3 aliphatic rings. The second-order valence-electron chi connectivity index (χ2n) is 8.87. The van der Waals surface area contributed by atoms with Crippen molar-refractivity contribution < 1.29 is 9.90 Å². The lowest BCUT2D eigenvalue weighted by atomic mass is 9.55. The van der Waals surface area contributed by atoms with E-state index in [-0.39, 0.29) is 5.41 Å². The molecule has 0 saturated heterocycles. The van der Waals surface area contributed by atoms with Gasteiger partial charge in [0.05, 0.1) is 0 Å². The van der Waals surface area contributed by atoms with Gasteiger partial charge in [0.25, 0.3) is 0 Å². The number of phenolic OH excluding ortho intramolecular Hbond substituents is 1. The average Bonchev–Trinajstić information content (AvgIpc) is 2.93. The Balaban J connectivity index is 1.50. The monoisotopic (exact) mass is 358 g/mol. The van der Waals surface area contributed by atoms with Crippen molar-refractivity contribution in [3.8, 4) is 5.75 Å². The number of allylic oxidation sites excluding steroid dienone is 1. The van der Waals surface area contributed by atoms with Crippen LogP contribution in [-0.4, -0.2) is 10.9 Å². The molecule has 2 aromatic carbocycles. The molecule has 4 unspecified atom stereocenters. The van der Waals surface area contributed by atoms with Crippen molar-refractivity contribution >= 4 is 11.9 Å². The van der Waals surface area contributed by atoms with E-state index in [9.17, 15) is 9.90 Å². The summed E-state index contributed by atoms with van der Waals surface area (Å²) in [6.45, 7) is 2.22. The Labute approximate surface area is 160 Å². The topological polar surface area (TPSA) is 37.3 Å². The first-order valence-corrected chi connectivity index (χ1v) is 10.2. The summed E-state index contributed by atoms with van der Waals surface area (Å²) in [7, 11) is 0. The highest BCUT2D eigenvalue weighted by atomic mass is 16.3. The van der Waals surface area contributed by atoms with Crippen LogP contribution >= 0.6 is 0 Å². The number of carbonyl (C=O) groups excluding carboxylic acids is 1. The minimum atomic E-state index is -0.198. The summed E-state index contributed by atoms with van der Waals surface area (Å²) in [5.74, 6) is 2.31. The summed E-state index contributed by atoms with van der Waals surface area (Å²) in [6, 6.07) is 16.1. The van der Waals surface area contributed by atoms with Gasteiger partial charge in [-0.05, 0) is 90.3 Å². The minimum absolute atomic E-state index is 0.198. The fourth-order valence-corrected chi connectivity index (χ4v) is 6.12. The van der Waals surface area contributed by atoms with Gasteiger partial charge in [0.2, 0.25) is 0 Å². The molecule has 0 amide bonds. The van der Waals surface area contributed by atoms with Crippen molar-refractivity contribution in [2.75, 3.05) is 0 Å². The van der Waals surface area contributed by atoms with Crippen molar-refractivity contribution in [3.05, 3.63) is 70.8 Å². The predicted molar refractivity (Wildman–Crippen MR) is 108 cm³/mol. The Morgan fingerprint density at radius 2 is 1.93 bits per heavy atom. The number of aromatic hydroxyl groups is 1. The molecule has 4 atom stereocenters. The molecule has 2 fully saturated rings. The highest BCUT2D eigenvalue weighted by Gasteiger charge is 2.56. The number of fused-ring (bicyclic) bond motifs is 5. The fourth-order valence-electron chi connectivity index (χ4n) is 6.12. The summed E-state index contributed by atoms with van der Waals surface area (Å²) < 4.78 is 0. The van der Waals surface area contributed by atoms with Gasteiger partial charge in [-0.2, -0.15) is 0 Å². The van der Waals surface area contributed by atoms with E-state index in [1.54, 1.807) is 0 Å². The summed E-state index contributed by atoms with van der Waals surface area (Å²) in [4.78, 5) is 13.3. The van der Waals surface area contributed by atoms with Gasteiger partial charge >= 0.3 is 0 Å². The first kappa shape index (κ1) is 16.8. The molecular formula is C25H26O2. The number of hydrogen-bond acceptors (Lipinski definition) is 2. The normalized spacial score (nSPS) is 33.4. The molecule has 0 radical (unpaired) electrons. The summed E-state index contributed by atoms with van der Waals surface area (Å²) in [6.07, 6.45) is 7.25. The number of phenols is 1. The van der Waals surface area contributed by atoms with E-state index in [2.05, 4.69) is 31.2 Å². The van der Waals surface area contributed by atoms with Crippen molar-refractivity contribution in [1.82, 2.24) is 0 Å². The lowest BCUT2D eigenvalue weighted by molar-refractivity contribution is -0.127. The predicted octanol–water partition coefficient (Wildman–Crippen LogP) is 5.51. The molecule has 5 rings (SSSR count). The third-order valence-electron chi connectivity index (χ3n) is 7.49. The Hall–Kier alpha value is -2.35. The largest absolute Gasteiger partial charge is 0.508 e. The Morgan fingerprint density at radius 1 is 1.11 bits per heavy atom. The molecule has 2 heteroatoms. The Kier molecular flexibility index (Phi) is 3.79. The molecule has 0 bridgehead atoms. The molecule has 3 aliphatic carbocycles. The number of benzene rings is 2. The number of rotatable bonds is 1. The molecule has 0 aliphatic heterocycles. The third-order valence-corrected chi connectivity index (χ3v) is 7.49. The standard InChI is InChI=1S/C25H26O2/c1-25-12-11-21-20-10-8-19(26)14-17(20)7-9-22(21)23(25)15-18(24(25)27)13-16-5-3-2-4-6-16/h2-6,8,10,13-14,21-23,26H,7,9,11-12,15H2,1H3/b18-13+. The highest BCUT2D eigenvalue weighted by Crippen LogP contribution is 2.60. The van der Waals surface area contributed by atoms with Gasteiger partial charge in [-0.25, -0.2) is 0 Å². The maximum Gasteiger partial charge on any atom is 0.165 e. The summed E-state index contributed by atoms with van der Waals surface area (Å²) in [5.41, 5.74) is 4.68. The first-order valence-electron chi connectivity index (χ1n) is 10.2. The van der Waals surface area contributed by atoms with E-state index in [1.807, 2.05) is 30.3 Å². The third kappa shape index (κ3) is 2.57. The molecule has 1 N–H and O–H groups in total. The van der Waals surface area contributed by atoms with Crippen LogP contribution in [0.25, 0.3) is 6.08 Å². The Bertz CT molecular complexity index is 927. The quantitative estimate of drug-likeness (QED) is 0.682. The molecule has 0 aromatic heterocycles. The van der Waals surface area contributed by atoms with Crippen LogP contribution in [0, 0.1) is 17.3 Å². The number of Topliss-reactive ketones (excluding diaryl/α,β-unsaturated/α-hetero) is 1.